The Morgan fingerprint density at radius 3 is 2.36 bits per heavy atom. The van der Waals surface area contributed by atoms with Crippen LogP contribution in [0, 0.1) is 18.3 Å². The molecular weight excluding hydrogens is 399 g/mol. The normalized spacial score (nSPS) is 17.3. The highest BCUT2D eigenvalue weighted by molar-refractivity contribution is 6.32. The van der Waals surface area contributed by atoms with E-state index >= 15 is 0 Å². The van der Waals surface area contributed by atoms with Crippen LogP contribution in [0.25, 0.3) is 0 Å². The van der Waals surface area contributed by atoms with Crippen LogP contribution in [0.2, 0.25) is 5.02 Å². The first kappa shape index (κ1) is 21.9. The Morgan fingerprint density at radius 2 is 1.89 bits per heavy atom. The molecule has 0 unspecified atom stereocenters. The molecule has 1 N–H and O–H groups in total. The number of rotatable bonds is 5. The Kier molecular flexibility index (Phi) is 6.50. The van der Waals surface area contributed by atoms with Crippen LogP contribution in [-0.4, -0.2) is 28.9 Å². The maximum Gasteiger partial charge on any atom is 0.573 e. The van der Waals surface area contributed by atoms with Crippen LogP contribution in [0.3, 0.4) is 0 Å². The van der Waals surface area contributed by atoms with Gasteiger partial charge in [0.15, 0.2) is 0 Å². The summed E-state index contributed by atoms with van der Waals surface area (Å²) in [5.74, 6) is -1.31. The number of carbonyl (C=O) groups is 2. The van der Waals surface area contributed by atoms with Crippen molar-refractivity contribution in [2.75, 3.05) is 4.90 Å². The monoisotopic (exact) mass is 417 g/mol. The first-order valence-electron chi connectivity index (χ1n) is 8.60. The number of ether oxygens (including phenoxy) is 1. The van der Waals surface area contributed by atoms with Gasteiger partial charge in [-0.15, -0.1) is 19.6 Å². The number of anilines is 1. The molecule has 0 radical (unpaired) electrons. The van der Waals surface area contributed by atoms with Crippen molar-refractivity contribution in [1.29, 1.82) is 0 Å². The zero-order chi connectivity index (χ0) is 21.1. The maximum absolute atomic E-state index is 12.5. The Balaban J connectivity index is 2.53. The maximum atomic E-state index is 12.5. The summed E-state index contributed by atoms with van der Waals surface area (Å²) in [4.78, 5) is 25.7. The molecule has 1 aliphatic carbocycles. The average Bonchev–Trinajstić information content (AvgIpc) is 2.63. The SMILES string of the molecule is C#CC(=O)N(c1ccc(OC(F)(F)F)c(Cl)c1)[C@@](C)(C(=O)O)C1CCCCC1. The minimum absolute atomic E-state index is 0.0158. The predicted molar refractivity (Wildman–Crippen MR) is 97.1 cm³/mol. The summed E-state index contributed by atoms with van der Waals surface area (Å²) >= 11 is 5.88. The summed E-state index contributed by atoms with van der Waals surface area (Å²) in [5.41, 5.74) is -1.70. The highest BCUT2D eigenvalue weighted by atomic mass is 35.5. The number of carboxylic acid groups (broad SMARTS) is 1. The van der Waals surface area contributed by atoms with Crippen LogP contribution in [0.1, 0.15) is 39.0 Å². The van der Waals surface area contributed by atoms with Crippen LogP contribution >= 0.6 is 11.6 Å². The molecule has 0 heterocycles. The molecule has 5 nitrogen and oxygen atoms in total. The zero-order valence-corrected chi connectivity index (χ0v) is 15.8. The van der Waals surface area contributed by atoms with Gasteiger partial charge in [0.05, 0.1) is 5.02 Å². The average molecular weight is 418 g/mol. The Labute approximate surface area is 165 Å². The smallest absolute Gasteiger partial charge is 0.479 e. The van der Waals surface area contributed by atoms with Gasteiger partial charge in [-0.1, -0.05) is 30.9 Å². The molecule has 0 spiro atoms. The van der Waals surface area contributed by atoms with Gasteiger partial charge in [-0.25, -0.2) is 4.79 Å². The van der Waals surface area contributed by atoms with Crippen molar-refractivity contribution in [2.24, 2.45) is 5.92 Å². The van der Waals surface area contributed by atoms with Crippen molar-refractivity contribution in [3.8, 4) is 18.1 Å². The number of halogens is 4. The molecular formula is C19H19ClF3NO4. The lowest BCUT2D eigenvalue weighted by Gasteiger charge is -2.44. The molecule has 1 aromatic rings. The number of benzene rings is 1. The van der Waals surface area contributed by atoms with Crippen molar-refractivity contribution < 1.29 is 32.6 Å². The van der Waals surface area contributed by atoms with Crippen molar-refractivity contribution in [2.45, 2.75) is 50.9 Å². The van der Waals surface area contributed by atoms with E-state index in [9.17, 15) is 27.9 Å². The van der Waals surface area contributed by atoms with Crippen molar-refractivity contribution in [1.82, 2.24) is 0 Å². The highest BCUT2D eigenvalue weighted by Gasteiger charge is 2.49. The lowest BCUT2D eigenvalue weighted by Crippen LogP contribution is -2.60. The molecule has 0 aromatic heterocycles. The highest BCUT2D eigenvalue weighted by Crippen LogP contribution is 2.41. The number of aliphatic carboxylic acids is 1. The summed E-state index contributed by atoms with van der Waals surface area (Å²) < 4.78 is 41.2. The first-order chi connectivity index (χ1) is 13.0. The van der Waals surface area contributed by atoms with Gasteiger partial charge in [0.2, 0.25) is 0 Å². The number of hydrogen-bond donors (Lipinski definition) is 1. The van der Waals surface area contributed by atoms with Crippen LogP contribution in [0.4, 0.5) is 18.9 Å². The van der Waals surface area contributed by atoms with E-state index in [0.717, 1.165) is 42.4 Å². The number of amides is 1. The van der Waals surface area contributed by atoms with Crippen molar-refractivity contribution in [3.05, 3.63) is 23.2 Å². The fourth-order valence-corrected chi connectivity index (χ4v) is 3.83. The van der Waals surface area contributed by atoms with Gasteiger partial charge in [-0.2, -0.15) is 0 Å². The third kappa shape index (κ3) is 4.53. The molecule has 1 amide bonds. The summed E-state index contributed by atoms with van der Waals surface area (Å²) in [6, 6.07) is 3.10. The largest absolute Gasteiger partial charge is 0.573 e. The van der Waals surface area contributed by atoms with E-state index in [4.69, 9.17) is 18.0 Å². The molecule has 0 bridgehead atoms. The number of nitrogens with zero attached hydrogens (tertiary/aromatic N) is 1. The van der Waals surface area contributed by atoms with E-state index in [1.54, 1.807) is 0 Å². The molecule has 1 aliphatic rings. The van der Waals surface area contributed by atoms with Crippen LogP contribution < -0.4 is 9.64 Å². The second-order valence-corrected chi connectivity index (χ2v) is 7.14. The van der Waals surface area contributed by atoms with Gasteiger partial charge in [-0.05, 0) is 49.8 Å². The molecule has 1 saturated carbocycles. The van der Waals surface area contributed by atoms with Crippen LogP contribution in [0.5, 0.6) is 5.75 Å². The second-order valence-electron chi connectivity index (χ2n) is 6.74. The summed E-state index contributed by atoms with van der Waals surface area (Å²) in [5, 5.41) is 9.54. The number of carboxylic acids is 1. The molecule has 1 fully saturated rings. The zero-order valence-electron chi connectivity index (χ0n) is 15.1. The van der Waals surface area contributed by atoms with E-state index < -0.39 is 34.5 Å². The molecule has 1 aromatic carbocycles. The van der Waals surface area contributed by atoms with Crippen LogP contribution in [-0.2, 0) is 9.59 Å². The lowest BCUT2D eigenvalue weighted by molar-refractivity contribution is -0.274. The third-order valence-electron chi connectivity index (χ3n) is 5.02. The Morgan fingerprint density at radius 1 is 1.29 bits per heavy atom. The number of terminal acetylenes is 1. The minimum Gasteiger partial charge on any atom is -0.479 e. The topological polar surface area (TPSA) is 66.8 Å². The van der Waals surface area contributed by atoms with E-state index in [-0.39, 0.29) is 11.6 Å². The van der Waals surface area contributed by atoms with Gasteiger partial charge < -0.3 is 9.84 Å². The summed E-state index contributed by atoms with van der Waals surface area (Å²) in [6.45, 7) is 1.40. The fourth-order valence-electron chi connectivity index (χ4n) is 3.61. The lowest BCUT2D eigenvalue weighted by atomic mass is 9.74. The van der Waals surface area contributed by atoms with Crippen LogP contribution in [0.15, 0.2) is 18.2 Å². The van der Waals surface area contributed by atoms with E-state index in [1.165, 1.54) is 6.92 Å². The minimum atomic E-state index is -4.95. The molecule has 2 rings (SSSR count). The van der Waals surface area contributed by atoms with Gasteiger partial charge in [-0.3, -0.25) is 9.69 Å². The molecule has 0 aliphatic heterocycles. The Bertz CT molecular complexity index is 799. The molecule has 1 atom stereocenters. The third-order valence-corrected chi connectivity index (χ3v) is 5.32. The molecule has 0 saturated heterocycles. The quantitative estimate of drug-likeness (QED) is 0.709. The summed E-state index contributed by atoms with van der Waals surface area (Å²) in [7, 11) is 0. The van der Waals surface area contributed by atoms with Gasteiger partial charge in [0.25, 0.3) is 0 Å². The van der Waals surface area contributed by atoms with Gasteiger partial charge in [0.1, 0.15) is 11.3 Å². The molecule has 28 heavy (non-hydrogen) atoms. The van der Waals surface area contributed by atoms with E-state index in [2.05, 4.69) is 4.74 Å². The molecule has 9 heteroatoms. The standard InChI is InChI=1S/C19H19ClF3NO4/c1-3-16(25)24(18(2,17(26)27)12-7-5-4-6-8-12)13-9-10-15(14(20)11-13)28-19(21,22)23/h1,9-12H,4-8H2,2H3,(H,26,27)/t18-/m1/s1. The van der Waals surface area contributed by atoms with Crippen molar-refractivity contribution in [3.63, 3.8) is 0 Å². The number of carbonyl (C=O) groups excluding carboxylic acids is 1. The predicted octanol–water partition coefficient (Wildman–Crippen LogP) is 4.63. The number of alkyl halides is 3. The molecule has 152 valence electrons. The van der Waals surface area contributed by atoms with E-state index in [1.807, 2.05) is 5.92 Å². The summed E-state index contributed by atoms with van der Waals surface area (Å²) in [6.07, 6.45) is 4.05. The van der Waals surface area contributed by atoms with Gasteiger partial charge in [0, 0.05) is 5.69 Å². The van der Waals surface area contributed by atoms with E-state index in [0.29, 0.717) is 12.8 Å². The number of hydrogen-bond acceptors (Lipinski definition) is 3. The fraction of sp³-hybridized carbons (Fsp3) is 0.474. The second kappa shape index (κ2) is 8.31. The Hall–Kier alpha value is -2.40. The van der Waals surface area contributed by atoms with Gasteiger partial charge >= 0.3 is 18.2 Å². The first-order valence-corrected chi connectivity index (χ1v) is 8.98. The van der Waals surface area contributed by atoms with Crippen molar-refractivity contribution >= 4 is 29.2 Å².